The standard InChI is InChI=1S/C13H18ClNO/c1-13(2,3)11(8-12(15)16)9-5-4-6-10(14)7-9/h4-7,11H,8H2,1-3H3,(H2,15,16). The summed E-state index contributed by atoms with van der Waals surface area (Å²) in [5.41, 5.74) is 6.35. The first-order valence-electron chi connectivity index (χ1n) is 5.34. The van der Waals surface area contributed by atoms with Crippen LogP contribution in [0, 0.1) is 5.41 Å². The summed E-state index contributed by atoms with van der Waals surface area (Å²) < 4.78 is 0. The van der Waals surface area contributed by atoms with Gasteiger partial charge in [0.2, 0.25) is 5.91 Å². The van der Waals surface area contributed by atoms with Crippen molar-refractivity contribution in [2.24, 2.45) is 11.1 Å². The van der Waals surface area contributed by atoms with Gasteiger partial charge in [-0.1, -0.05) is 44.5 Å². The van der Waals surface area contributed by atoms with Crippen LogP contribution in [0.2, 0.25) is 5.02 Å². The van der Waals surface area contributed by atoms with E-state index in [1.807, 2.05) is 24.3 Å². The number of hydrogen-bond acceptors (Lipinski definition) is 1. The highest BCUT2D eigenvalue weighted by Gasteiger charge is 2.27. The Balaban J connectivity index is 3.06. The summed E-state index contributed by atoms with van der Waals surface area (Å²) in [6.07, 6.45) is 0.351. The topological polar surface area (TPSA) is 43.1 Å². The first-order valence-corrected chi connectivity index (χ1v) is 5.72. The summed E-state index contributed by atoms with van der Waals surface area (Å²) in [4.78, 5) is 11.1. The van der Waals surface area contributed by atoms with Gasteiger partial charge in [0.15, 0.2) is 0 Å². The molecule has 0 saturated carbocycles. The maximum atomic E-state index is 11.1. The van der Waals surface area contributed by atoms with Crippen LogP contribution in [0.3, 0.4) is 0 Å². The van der Waals surface area contributed by atoms with E-state index in [9.17, 15) is 4.79 Å². The third-order valence-electron chi connectivity index (χ3n) is 2.70. The predicted octanol–water partition coefficient (Wildman–Crippen LogP) is 3.35. The number of primary amides is 1. The van der Waals surface area contributed by atoms with Crippen LogP contribution in [0.15, 0.2) is 24.3 Å². The summed E-state index contributed by atoms with van der Waals surface area (Å²) in [6.45, 7) is 6.30. The first kappa shape index (κ1) is 13.0. The molecule has 0 aliphatic rings. The van der Waals surface area contributed by atoms with E-state index < -0.39 is 0 Å². The van der Waals surface area contributed by atoms with E-state index in [0.717, 1.165) is 5.56 Å². The van der Waals surface area contributed by atoms with Gasteiger partial charge in [-0.05, 0) is 29.0 Å². The molecule has 88 valence electrons. The molecule has 1 aromatic carbocycles. The molecule has 0 fully saturated rings. The molecule has 2 nitrogen and oxygen atoms in total. The zero-order valence-electron chi connectivity index (χ0n) is 9.96. The maximum Gasteiger partial charge on any atom is 0.218 e. The Morgan fingerprint density at radius 1 is 1.44 bits per heavy atom. The summed E-state index contributed by atoms with van der Waals surface area (Å²) in [5, 5.41) is 0.691. The fourth-order valence-electron chi connectivity index (χ4n) is 1.85. The van der Waals surface area contributed by atoms with Crippen LogP contribution in [0.25, 0.3) is 0 Å². The van der Waals surface area contributed by atoms with Gasteiger partial charge in [0.1, 0.15) is 0 Å². The van der Waals surface area contributed by atoms with E-state index in [1.165, 1.54) is 0 Å². The lowest BCUT2D eigenvalue weighted by atomic mass is 9.74. The first-order chi connectivity index (χ1) is 7.30. The number of benzene rings is 1. The average Bonchev–Trinajstić information content (AvgIpc) is 2.12. The molecule has 1 rings (SSSR count). The molecule has 0 saturated heterocycles. The van der Waals surface area contributed by atoms with Crippen molar-refractivity contribution < 1.29 is 4.79 Å². The van der Waals surface area contributed by atoms with E-state index in [4.69, 9.17) is 17.3 Å². The third-order valence-corrected chi connectivity index (χ3v) is 2.94. The second-order valence-corrected chi connectivity index (χ2v) is 5.58. The van der Waals surface area contributed by atoms with E-state index >= 15 is 0 Å². The summed E-state index contributed by atoms with van der Waals surface area (Å²) in [6, 6.07) is 7.62. The van der Waals surface area contributed by atoms with Crippen molar-refractivity contribution in [3.8, 4) is 0 Å². The smallest absolute Gasteiger partial charge is 0.218 e. The van der Waals surface area contributed by atoms with Crippen LogP contribution >= 0.6 is 11.6 Å². The highest BCUT2D eigenvalue weighted by atomic mass is 35.5. The number of rotatable bonds is 3. The molecule has 16 heavy (non-hydrogen) atoms. The number of carbonyl (C=O) groups is 1. The Bertz CT molecular complexity index is 382. The van der Waals surface area contributed by atoms with Crippen LogP contribution in [0.5, 0.6) is 0 Å². The zero-order valence-corrected chi connectivity index (χ0v) is 10.7. The molecular formula is C13H18ClNO. The second kappa shape index (κ2) is 4.88. The van der Waals surface area contributed by atoms with Crippen LogP contribution in [0.4, 0.5) is 0 Å². The molecule has 2 N–H and O–H groups in total. The monoisotopic (exact) mass is 239 g/mol. The lowest BCUT2D eigenvalue weighted by Crippen LogP contribution is -2.24. The number of amides is 1. The van der Waals surface area contributed by atoms with Crippen LogP contribution < -0.4 is 5.73 Å². The van der Waals surface area contributed by atoms with Crippen LogP contribution in [-0.2, 0) is 4.79 Å². The number of hydrogen-bond donors (Lipinski definition) is 1. The van der Waals surface area contributed by atoms with Gasteiger partial charge >= 0.3 is 0 Å². The molecule has 1 unspecified atom stereocenters. The Hall–Kier alpha value is -1.02. The van der Waals surface area contributed by atoms with Crippen molar-refractivity contribution >= 4 is 17.5 Å². The van der Waals surface area contributed by atoms with Gasteiger partial charge in [0, 0.05) is 11.4 Å². The lowest BCUT2D eigenvalue weighted by Gasteiger charge is -2.30. The average molecular weight is 240 g/mol. The minimum atomic E-state index is -0.278. The van der Waals surface area contributed by atoms with E-state index in [-0.39, 0.29) is 17.2 Å². The van der Waals surface area contributed by atoms with E-state index in [1.54, 1.807) is 0 Å². The number of nitrogens with two attached hydrogens (primary N) is 1. The van der Waals surface area contributed by atoms with E-state index in [2.05, 4.69) is 20.8 Å². The largest absolute Gasteiger partial charge is 0.370 e. The van der Waals surface area contributed by atoms with Crippen molar-refractivity contribution in [1.82, 2.24) is 0 Å². The Kier molecular flexibility index (Phi) is 3.98. The van der Waals surface area contributed by atoms with Gasteiger partial charge < -0.3 is 5.73 Å². The SMILES string of the molecule is CC(C)(C)C(CC(N)=O)c1cccc(Cl)c1. The maximum absolute atomic E-state index is 11.1. The van der Waals surface area contributed by atoms with Crippen LogP contribution in [-0.4, -0.2) is 5.91 Å². The van der Waals surface area contributed by atoms with Gasteiger partial charge in [-0.3, -0.25) is 4.79 Å². The molecule has 0 heterocycles. The quantitative estimate of drug-likeness (QED) is 0.864. The van der Waals surface area contributed by atoms with Crippen molar-refractivity contribution in [2.45, 2.75) is 33.1 Å². The summed E-state index contributed by atoms with van der Waals surface area (Å²) in [7, 11) is 0. The van der Waals surface area contributed by atoms with Crippen molar-refractivity contribution in [3.05, 3.63) is 34.9 Å². The molecule has 0 aromatic heterocycles. The lowest BCUT2D eigenvalue weighted by molar-refractivity contribution is -0.118. The molecule has 1 atom stereocenters. The minimum Gasteiger partial charge on any atom is -0.370 e. The number of halogens is 1. The summed E-state index contributed by atoms with van der Waals surface area (Å²) >= 11 is 5.96. The molecule has 1 aromatic rings. The molecule has 1 amide bonds. The Labute approximate surface area is 102 Å². The van der Waals surface area contributed by atoms with Gasteiger partial charge in [-0.25, -0.2) is 0 Å². The molecule has 0 aliphatic heterocycles. The van der Waals surface area contributed by atoms with Gasteiger partial charge in [0.25, 0.3) is 0 Å². The zero-order chi connectivity index (χ0) is 12.3. The summed E-state index contributed by atoms with van der Waals surface area (Å²) in [5.74, 6) is -0.177. The van der Waals surface area contributed by atoms with Crippen molar-refractivity contribution in [1.29, 1.82) is 0 Å². The molecule has 0 bridgehead atoms. The molecule has 0 spiro atoms. The van der Waals surface area contributed by atoms with Gasteiger partial charge in [-0.2, -0.15) is 0 Å². The molecule has 3 heteroatoms. The third kappa shape index (κ3) is 3.53. The normalized spacial score (nSPS) is 13.5. The van der Waals surface area contributed by atoms with Crippen LogP contribution in [0.1, 0.15) is 38.7 Å². The highest BCUT2D eigenvalue weighted by molar-refractivity contribution is 6.30. The molecule has 0 radical (unpaired) electrons. The molecule has 0 aliphatic carbocycles. The van der Waals surface area contributed by atoms with Gasteiger partial charge in [0.05, 0.1) is 0 Å². The highest BCUT2D eigenvalue weighted by Crippen LogP contribution is 2.38. The Morgan fingerprint density at radius 2 is 2.06 bits per heavy atom. The fourth-order valence-corrected chi connectivity index (χ4v) is 2.05. The predicted molar refractivity (Wildman–Crippen MR) is 67.5 cm³/mol. The van der Waals surface area contributed by atoms with Gasteiger partial charge in [-0.15, -0.1) is 0 Å². The molecular weight excluding hydrogens is 222 g/mol. The van der Waals surface area contributed by atoms with Crippen molar-refractivity contribution in [2.75, 3.05) is 0 Å². The van der Waals surface area contributed by atoms with E-state index in [0.29, 0.717) is 11.4 Å². The second-order valence-electron chi connectivity index (χ2n) is 5.14. The Morgan fingerprint density at radius 3 is 2.50 bits per heavy atom. The fraction of sp³-hybridized carbons (Fsp3) is 0.462. The number of carbonyl (C=O) groups excluding carboxylic acids is 1. The minimum absolute atomic E-state index is 0.0142. The van der Waals surface area contributed by atoms with Crippen molar-refractivity contribution in [3.63, 3.8) is 0 Å².